The number of hydrogen-bond acceptors (Lipinski definition) is 2. The van der Waals surface area contributed by atoms with E-state index in [-0.39, 0.29) is 0 Å². The largest absolute Gasteiger partial charge is 0.417 e. The van der Waals surface area contributed by atoms with Gasteiger partial charge in [-0.1, -0.05) is 12.2 Å². The average Bonchev–Trinajstić information content (AvgIpc) is 2.26. The van der Waals surface area contributed by atoms with Gasteiger partial charge in [0.15, 0.2) is 0 Å². The monoisotopic (exact) mass is 244 g/mol. The Labute approximate surface area is 95.9 Å². The van der Waals surface area contributed by atoms with Gasteiger partial charge in [0.25, 0.3) is 0 Å². The molecule has 0 aliphatic rings. The van der Waals surface area contributed by atoms with Crippen LogP contribution in [0.5, 0.6) is 0 Å². The average molecular weight is 244 g/mol. The first-order valence-corrected chi connectivity index (χ1v) is 4.66. The molecule has 2 nitrogen and oxygen atoms in total. The van der Waals surface area contributed by atoms with Gasteiger partial charge in [0, 0.05) is 12.7 Å². The molecule has 6 heteroatoms. The van der Waals surface area contributed by atoms with E-state index in [2.05, 4.69) is 12.2 Å². The molecule has 0 unspecified atom stereocenters. The first kappa shape index (κ1) is 12.5. The van der Waals surface area contributed by atoms with Crippen LogP contribution < -0.4 is 4.90 Å². The number of nitriles is 1. The molecule has 1 rings (SSSR count). The van der Waals surface area contributed by atoms with E-state index < -0.39 is 17.3 Å². The van der Waals surface area contributed by atoms with Gasteiger partial charge >= 0.3 is 6.18 Å². The molecule has 0 saturated heterocycles. The molecule has 84 valence electrons. The first-order chi connectivity index (χ1) is 7.40. The second-order valence-corrected chi connectivity index (χ2v) is 3.27. The number of thiocarbonyl (C=S) groups is 1. The zero-order valence-corrected chi connectivity index (χ0v) is 9.06. The van der Waals surface area contributed by atoms with Gasteiger partial charge in [0.1, 0.15) is 0 Å². The van der Waals surface area contributed by atoms with Gasteiger partial charge in [-0.15, -0.1) is 0 Å². The normalized spacial score (nSPS) is 10.7. The number of alkyl halides is 3. The lowest BCUT2D eigenvalue weighted by atomic mass is 10.1. The van der Waals surface area contributed by atoms with E-state index in [4.69, 9.17) is 5.26 Å². The molecule has 16 heavy (non-hydrogen) atoms. The number of nitrogens with zero attached hydrogens (tertiary/aromatic N) is 2. The molecule has 0 spiro atoms. The van der Waals surface area contributed by atoms with Crippen LogP contribution in [-0.2, 0) is 6.18 Å². The van der Waals surface area contributed by atoms with E-state index in [9.17, 15) is 13.2 Å². The maximum absolute atomic E-state index is 12.6. The Morgan fingerprint density at radius 1 is 1.44 bits per heavy atom. The molecule has 0 N–H and O–H groups in total. The van der Waals surface area contributed by atoms with Gasteiger partial charge in [-0.2, -0.15) is 18.4 Å². The minimum Gasteiger partial charge on any atom is -0.342 e. The molecule has 0 aliphatic heterocycles. The van der Waals surface area contributed by atoms with Crippen LogP contribution in [0.15, 0.2) is 18.2 Å². The minimum absolute atomic E-state index is 0.293. The molecule has 0 saturated carbocycles. The van der Waals surface area contributed by atoms with E-state index in [1.165, 1.54) is 29.6 Å². The SMILES string of the molecule is CN(C=S)c1ccc(C#N)c(C(F)(F)F)c1. The predicted molar refractivity (Wildman–Crippen MR) is 58.2 cm³/mol. The van der Waals surface area contributed by atoms with Crippen molar-refractivity contribution in [1.29, 1.82) is 5.26 Å². The van der Waals surface area contributed by atoms with Crippen molar-refractivity contribution in [3.63, 3.8) is 0 Å². The summed E-state index contributed by atoms with van der Waals surface area (Å²) in [6.07, 6.45) is -4.54. The fourth-order valence-corrected chi connectivity index (χ4v) is 1.27. The van der Waals surface area contributed by atoms with Crippen molar-refractivity contribution < 1.29 is 13.2 Å². The fourth-order valence-electron chi connectivity index (χ4n) is 1.14. The summed E-state index contributed by atoms with van der Waals surface area (Å²) in [4.78, 5) is 1.37. The zero-order chi connectivity index (χ0) is 12.3. The Balaban J connectivity index is 3.34. The molecule has 0 radical (unpaired) electrons. The van der Waals surface area contributed by atoms with Crippen molar-refractivity contribution in [2.24, 2.45) is 0 Å². The lowest BCUT2D eigenvalue weighted by Gasteiger charge is -2.15. The van der Waals surface area contributed by atoms with Crippen molar-refractivity contribution in [3.8, 4) is 6.07 Å². The molecular formula is C10H7F3N2S. The highest BCUT2D eigenvalue weighted by atomic mass is 32.1. The summed E-state index contributed by atoms with van der Waals surface area (Å²) in [7, 11) is 1.54. The van der Waals surface area contributed by atoms with Crippen molar-refractivity contribution in [1.82, 2.24) is 0 Å². The Kier molecular flexibility index (Phi) is 3.50. The fraction of sp³-hybridized carbons (Fsp3) is 0.200. The topological polar surface area (TPSA) is 27.0 Å². The standard InChI is InChI=1S/C10H7F3N2S/c1-15(6-16)8-3-2-7(5-14)9(4-8)10(11,12)13/h2-4,6H,1H3. The molecule has 0 heterocycles. The highest BCUT2D eigenvalue weighted by molar-refractivity contribution is 7.79. The van der Waals surface area contributed by atoms with Crippen LogP contribution in [0, 0.1) is 11.3 Å². The number of rotatable bonds is 2. The van der Waals surface area contributed by atoms with Crippen LogP contribution >= 0.6 is 12.2 Å². The Morgan fingerprint density at radius 3 is 2.50 bits per heavy atom. The summed E-state index contributed by atoms with van der Waals surface area (Å²) in [5.41, 5.74) is 0.174. The van der Waals surface area contributed by atoms with Crippen LogP contribution in [-0.4, -0.2) is 12.5 Å². The summed E-state index contributed by atoms with van der Waals surface area (Å²) in [6.45, 7) is 0. The molecular weight excluding hydrogens is 237 g/mol. The maximum atomic E-state index is 12.6. The van der Waals surface area contributed by atoms with Gasteiger partial charge in [0.2, 0.25) is 0 Å². The summed E-state index contributed by atoms with van der Waals surface area (Å²) in [6, 6.07) is 4.96. The number of anilines is 1. The third kappa shape index (κ3) is 2.49. The molecule has 0 aliphatic carbocycles. The summed E-state index contributed by atoms with van der Waals surface area (Å²) in [5.74, 6) is 0. The molecule has 0 amide bonds. The lowest BCUT2D eigenvalue weighted by Crippen LogP contribution is -2.15. The molecule has 0 bridgehead atoms. The molecule has 1 aromatic carbocycles. The van der Waals surface area contributed by atoms with Crippen molar-refractivity contribution in [2.45, 2.75) is 6.18 Å². The van der Waals surface area contributed by atoms with Crippen LogP contribution in [0.3, 0.4) is 0 Å². The van der Waals surface area contributed by atoms with Crippen molar-refractivity contribution >= 4 is 23.4 Å². The molecule has 0 aromatic heterocycles. The predicted octanol–water partition coefficient (Wildman–Crippen LogP) is 2.97. The van der Waals surface area contributed by atoms with Crippen molar-refractivity contribution in [2.75, 3.05) is 11.9 Å². The number of halogens is 3. The van der Waals surface area contributed by atoms with E-state index >= 15 is 0 Å². The minimum atomic E-state index is -4.54. The smallest absolute Gasteiger partial charge is 0.342 e. The van der Waals surface area contributed by atoms with Gasteiger partial charge in [-0.3, -0.25) is 0 Å². The number of benzene rings is 1. The molecule has 0 atom stereocenters. The second-order valence-electron chi connectivity index (χ2n) is 3.06. The molecule has 0 fully saturated rings. The van der Waals surface area contributed by atoms with Crippen LogP contribution in [0.1, 0.15) is 11.1 Å². The first-order valence-electron chi connectivity index (χ1n) is 4.19. The van der Waals surface area contributed by atoms with E-state index in [0.717, 1.165) is 12.1 Å². The van der Waals surface area contributed by atoms with Gasteiger partial charge < -0.3 is 4.90 Å². The van der Waals surface area contributed by atoms with Crippen LogP contribution in [0.25, 0.3) is 0 Å². The van der Waals surface area contributed by atoms with Gasteiger partial charge in [0.05, 0.1) is 22.7 Å². The van der Waals surface area contributed by atoms with Gasteiger partial charge in [-0.25, -0.2) is 0 Å². The third-order valence-corrected chi connectivity index (χ3v) is 2.31. The van der Waals surface area contributed by atoms with Crippen LogP contribution in [0.4, 0.5) is 18.9 Å². The highest BCUT2D eigenvalue weighted by Crippen LogP contribution is 2.34. The molecule has 1 aromatic rings. The summed E-state index contributed by atoms with van der Waals surface area (Å²) in [5, 5.41) is 8.58. The lowest BCUT2D eigenvalue weighted by molar-refractivity contribution is -0.137. The van der Waals surface area contributed by atoms with E-state index in [0.29, 0.717) is 5.69 Å². The summed E-state index contributed by atoms with van der Waals surface area (Å²) < 4.78 is 37.7. The Hall–Kier alpha value is -1.61. The van der Waals surface area contributed by atoms with Gasteiger partial charge in [-0.05, 0) is 18.2 Å². The zero-order valence-electron chi connectivity index (χ0n) is 8.25. The number of hydrogen-bond donors (Lipinski definition) is 0. The maximum Gasteiger partial charge on any atom is 0.417 e. The highest BCUT2D eigenvalue weighted by Gasteiger charge is 2.34. The summed E-state index contributed by atoms with van der Waals surface area (Å²) >= 11 is 4.61. The Bertz CT molecular complexity index is 448. The van der Waals surface area contributed by atoms with Crippen molar-refractivity contribution in [3.05, 3.63) is 29.3 Å². The van der Waals surface area contributed by atoms with E-state index in [1.54, 1.807) is 0 Å². The third-order valence-electron chi connectivity index (χ3n) is 1.99. The quantitative estimate of drug-likeness (QED) is 0.748. The van der Waals surface area contributed by atoms with Crippen LogP contribution in [0.2, 0.25) is 0 Å². The van der Waals surface area contributed by atoms with E-state index in [1.807, 2.05) is 0 Å². The Morgan fingerprint density at radius 2 is 2.06 bits per heavy atom. The second kappa shape index (κ2) is 4.49.